The minimum atomic E-state index is 0.378. The highest BCUT2D eigenvalue weighted by molar-refractivity contribution is 7.80. The van der Waals surface area contributed by atoms with Gasteiger partial charge in [0.15, 0.2) is 0 Å². The number of anilines is 1. The molecule has 0 spiro atoms. The van der Waals surface area contributed by atoms with Crippen molar-refractivity contribution in [2.75, 3.05) is 11.9 Å². The molecule has 0 saturated carbocycles. The summed E-state index contributed by atoms with van der Waals surface area (Å²) in [5, 5.41) is 3.29. The van der Waals surface area contributed by atoms with Gasteiger partial charge in [-0.3, -0.25) is 0 Å². The second-order valence-corrected chi connectivity index (χ2v) is 4.74. The van der Waals surface area contributed by atoms with Crippen LogP contribution < -0.4 is 11.1 Å². The third-order valence-corrected chi connectivity index (χ3v) is 3.05. The molecule has 0 unspecified atom stereocenters. The van der Waals surface area contributed by atoms with Gasteiger partial charge in [0.2, 0.25) is 0 Å². The molecule has 0 bridgehead atoms. The number of nitrogens with one attached hydrogen (secondary N) is 1. The van der Waals surface area contributed by atoms with Crippen LogP contribution >= 0.6 is 12.2 Å². The first kappa shape index (κ1) is 13.5. The molecule has 2 rings (SSSR count). The molecular weight excluding hydrogens is 258 g/mol. The van der Waals surface area contributed by atoms with E-state index in [1.54, 1.807) is 12.4 Å². The van der Waals surface area contributed by atoms with Crippen molar-refractivity contribution >= 4 is 23.0 Å². The molecule has 100 valence electrons. The normalized spacial score (nSPS) is 10.4. The number of hydrogen-bond donors (Lipinski definition) is 2. The summed E-state index contributed by atoms with van der Waals surface area (Å²) in [6.45, 7) is 3.71. The van der Waals surface area contributed by atoms with Gasteiger partial charge in [0, 0.05) is 31.7 Å². The first-order valence-electron chi connectivity index (χ1n) is 6.13. The number of aromatic nitrogens is 3. The van der Waals surface area contributed by atoms with Gasteiger partial charge in [0.05, 0.1) is 11.9 Å². The number of thiocarbonyl (C=S) groups is 1. The topological polar surface area (TPSA) is 68.8 Å². The fraction of sp³-hybridized carbons (Fsp3) is 0.308. The second-order valence-electron chi connectivity index (χ2n) is 4.30. The van der Waals surface area contributed by atoms with E-state index in [1.165, 1.54) is 0 Å². The maximum atomic E-state index is 5.74. The third-order valence-electron chi connectivity index (χ3n) is 2.85. The number of nitrogens with zero attached hydrogens (tertiary/aromatic N) is 3. The van der Waals surface area contributed by atoms with Crippen molar-refractivity contribution in [3.63, 3.8) is 0 Å². The van der Waals surface area contributed by atoms with E-state index >= 15 is 0 Å². The zero-order valence-corrected chi connectivity index (χ0v) is 11.7. The Morgan fingerprint density at radius 1 is 1.47 bits per heavy atom. The van der Waals surface area contributed by atoms with Crippen molar-refractivity contribution in [3.8, 4) is 0 Å². The van der Waals surface area contributed by atoms with Crippen molar-refractivity contribution in [3.05, 3.63) is 42.1 Å². The first-order chi connectivity index (χ1) is 9.18. The van der Waals surface area contributed by atoms with Gasteiger partial charge in [-0.1, -0.05) is 12.2 Å². The Kier molecular flexibility index (Phi) is 4.46. The van der Waals surface area contributed by atoms with E-state index in [0.29, 0.717) is 4.99 Å². The van der Waals surface area contributed by atoms with Crippen LogP contribution in [0.2, 0.25) is 0 Å². The van der Waals surface area contributed by atoms with Crippen LogP contribution in [-0.2, 0) is 6.54 Å². The van der Waals surface area contributed by atoms with E-state index in [9.17, 15) is 0 Å². The van der Waals surface area contributed by atoms with Gasteiger partial charge in [0.25, 0.3) is 0 Å². The quantitative estimate of drug-likeness (QED) is 0.620. The Balaban J connectivity index is 1.92. The van der Waals surface area contributed by atoms with E-state index in [0.717, 1.165) is 36.5 Å². The van der Waals surface area contributed by atoms with Crippen LogP contribution in [0.4, 0.5) is 5.82 Å². The summed E-state index contributed by atoms with van der Waals surface area (Å²) in [7, 11) is 0. The largest absolute Gasteiger partial charge is 0.389 e. The molecule has 0 amide bonds. The minimum absolute atomic E-state index is 0.378. The Hall–Kier alpha value is -1.95. The number of nitrogens with two attached hydrogens (primary N) is 1. The summed E-state index contributed by atoms with van der Waals surface area (Å²) in [5.41, 5.74) is 7.61. The van der Waals surface area contributed by atoms with E-state index in [4.69, 9.17) is 18.0 Å². The van der Waals surface area contributed by atoms with Gasteiger partial charge in [-0.15, -0.1) is 0 Å². The lowest BCUT2D eigenvalue weighted by molar-refractivity contribution is 0.660. The van der Waals surface area contributed by atoms with E-state index in [-0.39, 0.29) is 0 Å². The van der Waals surface area contributed by atoms with Gasteiger partial charge in [0.1, 0.15) is 10.8 Å². The predicted molar refractivity (Wildman–Crippen MR) is 80.2 cm³/mol. The molecule has 0 saturated heterocycles. The highest BCUT2D eigenvalue weighted by atomic mass is 32.1. The number of pyridine rings is 1. The summed E-state index contributed by atoms with van der Waals surface area (Å²) in [6, 6.07) is 1.91. The fourth-order valence-electron chi connectivity index (χ4n) is 1.89. The van der Waals surface area contributed by atoms with Crippen LogP contribution in [0.1, 0.15) is 17.5 Å². The monoisotopic (exact) mass is 275 g/mol. The van der Waals surface area contributed by atoms with Crippen molar-refractivity contribution in [2.24, 2.45) is 5.73 Å². The molecule has 2 aromatic heterocycles. The van der Waals surface area contributed by atoms with Gasteiger partial charge in [-0.2, -0.15) is 0 Å². The molecule has 0 aliphatic carbocycles. The van der Waals surface area contributed by atoms with Crippen LogP contribution in [0.15, 0.2) is 31.0 Å². The SMILES string of the molecule is Cc1ccnc(NCCCn2ccnc2)c1C(N)=S. The Labute approximate surface area is 117 Å². The predicted octanol–water partition coefficient (Wildman–Crippen LogP) is 1.72. The number of rotatable bonds is 6. The fourth-order valence-corrected chi connectivity index (χ4v) is 2.15. The lowest BCUT2D eigenvalue weighted by Gasteiger charge is -2.12. The van der Waals surface area contributed by atoms with Crippen LogP contribution in [0.3, 0.4) is 0 Å². The second kappa shape index (κ2) is 6.29. The average molecular weight is 275 g/mol. The maximum Gasteiger partial charge on any atom is 0.136 e. The van der Waals surface area contributed by atoms with E-state index in [2.05, 4.69) is 15.3 Å². The van der Waals surface area contributed by atoms with E-state index < -0.39 is 0 Å². The van der Waals surface area contributed by atoms with Gasteiger partial charge in [-0.05, 0) is 25.0 Å². The number of imidazole rings is 1. The average Bonchev–Trinajstić information content (AvgIpc) is 2.87. The van der Waals surface area contributed by atoms with Crippen LogP contribution in [0.5, 0.6) is 0 Å². The van der Waals surface area contributed by atoms with Crippen molar-refractivity contribution < 1.29 is 0 Å². The maximum absolute atomic E-state index is 5.74. The highest BCUT2D eigenvalue weighted by Gasteiger charge is 2.08. The molecular formula is C13H17N5S. The smallest absolute Gasteiger partial charge is 0.136 e. The highest BCUT2D eigenvalue weighted by Crippen LogP contribution is 2.16. The molecule has 0 fully saturated rings. The first-order valence-corrected chi connectivity index (χ1v) is 6.54. The van der Waals surface area contributed by atoms with Crippen LogP contribution in [0, 0.1) is 6.92 Å². The number of aryl methyl sites for hydroxylation is 2. The Morgan fingerprint density at radius 3 is 3.00 bits per heavy atom. The Morgan fingerprint density at radius 2 is 2.32 bits per heavy atom. The van der Waals surface area contributed by atoms with Gasteiger partial charge in [-0.25, -0.2) is 9.97 Å². The van der Waals surface area contributed by atoms with Crippen LogP contribution in [-0.4, -0.2) is 26.1 Å². The molecule has 3 N–H and O–H groups in total. The molecule has 0 aliphatic heterocycles. The molecule has 19 heavy (non-hydrogen) atoms. The number of hydrogen-bond acceptors (Lipinski definition) is 4. The molecule has 0 radical (unpaired) electrons. The van der Waals surface area contributed by atoms with Gasteiger partial charge >= 0.3 is 0 Å². The summed E-state index contributed by atoms with van der Waals surface area (Å²) < 4.78 is 2.04. The Bertz CT molecular complexity index is 550. The molecule has 6 heteroatoms. The molecule has 0 aliphatic rings. The standard InChI is InChI=1S/C13H17N5S/c1-10-3-5-17-13(11(10)12(14)19)16-4-2-7-18-8-6-15-9-18/h3,5-6,8-9H,2,4,7H2,1H3,(H2,14,19)(H,16,17). The van der Waals surface area contributed by atoms with Crippen molar-refractivity contribution in [1.82, 2.24) is 14.5 Å². The summed E-state index contributed by atoms with van der Waals surface area (Å²) in [4.78, 5) is 8.68. The van der Waals surface area contributed by atoms with Gasteiger partial charge < -0.3 is 15.6 Å². The lowest BCUT2D eigenvalue weighted by atomic mass is 10.1. The zero-order chi connectivity index (χ0) is 13.7. The van der Waals surface area contributed by atoms with Crippen molar-refractivity contribution in [1.29, 1.82) is 0 Å². The molecule has 0 atom stereocenters. The molecule has 2 heterocycles. The molecule has 2 aromatic rings. The summed E-state index contributed by atoms with van der Waals surface area (Å²) >= 11 is 5.07. The van der Waals surface area contributed by atoms with Crippen LogP contribution in [0.25, 0.3) is 0 Å². The lowest BCUT2D eigenvalue weighted by Crippen LogP contribution is -2.17. The van der Waals surface area contributed by atoms with E-state index in [1.807, 2.05) is 30.1 Å². The molecule has 0 aromatic carbocycles. The summed E-state index contributed by atoms with van der Waals surface area (Å²) in [5.74, 6) is 0.762. The summed E-state index contributed by atoms with van der Waals surface area (Å²) in [6.07, 6.45) is 8.27. The minimum Gasteiger partial charge on any atom is -0.389 e. The van der Waals surface area contributed by atoms with Crippen molar-refractivity contribution in [2.45, 2.75) is 19.9 Å². The molecule has 5 nitrogen and oxygen atoms in total. The third kappa shape index (κ3) is 3.51. The zero-order valence-electron chi connectivity index (χ0n) is 10.8.